The van der Waals surface area contributed by atoms with Crippen LogP contribution in [0, 0.1) is 0 Å². The van der Waals surface area contributed by atoms with Gasteiger partial charge in [0.15, 0.2) is 0 Å². The molecule has 0 aliphatic carbocycles. The SMILES string of the molecule is CC(=O)C(CCN)(B(O)O)c1ccccc1. The van der Waals surface area contributed by atoms with Gasteiger partial charge in [0.25, 0.3) is 0 Å². The van der Waals surface area contributed by atoms with Crippen LogP contribution in [0.2, 0.25) is 0 Å². The van der Waals surface area contributed by atoms with Gasteiger partial charge in [0, 0.05) is 0 Å². The highest BCUT2D eigenvalue weighted by Crippen LogP contribution is 2.30. The van der Waals surface area contributed by atoms with Crippen LogP contribution in [0.4, 0.5) is 0 Å². The van der Waals surface area contributed by atoms with E-state index >= 15 is 0 Å². The predicted octanol–water partition coefficient (Wildman–Crippen LogP) is -0.126. The molecule has 1 rings (SSSR count). The second-order valence-electron chi connectivity index (χ2n) is 3.81. The van der Waals surface area contributed by atoms with E-state index in [0.717, 1.165) is 0 Å². The van der Waals surface area contributed by atoms with Gasteiger partial charge in [-0.3, -0.25) is 4.79 Å². The average molecular weight is 221 g/mol. The molecule has 0 saturated carbocycles. The lowest BCUT2D eigenvalue weighted by Gasteiger charge is -2.30. The minimum atomic E-state index is -1.74. The van der Waals surface area contributed by atoms with E-state index in [9.17, 15) is 14.8 Å². The van der Waals surface area contributed by atoms with Crippen LogP contribution < -0.4 is 5.73 Å². The molecule has 16 heavy (non-hydrogen) atoms. The number of ketones is 1. The smallest absolute Gasteiger partial charge is 0.426 e. The maximum Gasteiger partial charge on any atom is 0.470 e. The molecule has 0 aromatic heterocycles. The molecule has 1 aromatic rings. The molecule has 0 radical (unpaired) electrons. The minimum absolute atomic E-state index is 0.212. The van der Waals surface area contributed by atoms with Gasteiger partial charge in [-0.2, -0.15) is 0 Å². The fourth-order valence-corrected chi connectivity index (χ4v) is 1.95. The van der Waals surface area contributed by atoms with Crippen molar-refractivity contribution in [3.05, 3.63) is 35.9 Å². The Labute approximate surface area is 95.2 Å². The molecule has 0 bridgehead atoms. The molecule has 0 aliphatic heterocycles. The van der Waals surface area contributed by atoms with Gasteiger partial charge in [-0.15, -0.1) is 0 Å². The first-order valence-corrected chi connectivity index (χ1v) is 5.18. The summed E-state index contributed by atoms with van der Waals surface area (Å²) in [5, 5.41) is 17.7. The Morgan fingerprint density at radius 2 is 1.94 bits per heavy atom. The van der Waals surface area contributed by atoms with E-state index in [4.69, 9.17) is 5.73 Å². The van der Waals surface area contributed by atoms with E-state index in [1.807, 2.05) is 0 Å². The second-order valence-corrected chi connectivity index (χ2v) is 3.81. The highest BCUT2D eigenvalue weighted by molar-refractivity contribution is 6.52. The predicted molar refractivity (Wildman–Crippen MR) is 62.7 cm³/mol. The zero-order valence-corrected chi connectivity index (χ0v) is 9.26. The average Bonchev–Trinajstić information content (AvgIpc) is 2.26. The van der Waals surface area contributed by atoms with E-state index in [2.05, 4.69) is 0 Å². The maximum absolute atomic E-state index is 11.7. The van der Waals surface area contributed by atoms with Gasteiger partial charge in [0.2, 0.25) is 0 Å². The molecule has 4 N–H and O–H groups in total. The summed E-state index contributed by atoms with van der Waals surface area (Å²) in [5.74, 6) is -0.292. The van der Waals surface area contributed by atoms with Gasteiger partial charge < -0.3 is 15.8 Å². The van der Waals surface area contributed by atoms with Gasteiger partial charge in [-0.1, -0.05) is 30.3 Å². The molecule has 0 fully saturated rings. The van der Waals surface area contributed by atoms with Crippen LogP contribution >= 0.6 is 0 Å². The molecule has 0 saturated heterocycles. The molecule has 86 valence electrons. The number of hydrogen-bond donors (Lipinski definition) is 3. The number of carbonyl (C=O) groups is 1. The first-order chi connectivity index (χ1) is 7.55. The van der Waals surface area contributed by atoms with Crippen LogP contribution in [-0.2, 0) is 10.1 Å². The number of benzene rings is 1. The van der Waals surface area contributed by atoms with Crippen molar-refractivity contribution < 1.29 is 14.8 Å². The molecular formula is C11H16BNO3. The summed E-state index contributed by atoms with van der Waals surface area (Å²) < 4.78 is 0. The minimum Gasteiger partial charge on any atom is -0.426 e. The number of Topliss-reactive ketones (excluding diaryl/α,β-unsaturated/α-hetero) is 1. The third-order valence-electron chi connectivity index (χ3n) is 2.90. The molecule has 0 spiro atoms. The molecule has 0 amide bonds. The first kappa shape index (κ1) is 12.9. The van der Waals surface area contributed by atoms with Gasteiger partial charge in [-0.25, -0.2) is 0 Å². The van der Waals surface area contributed by atoms with Crippen molar-refractivity contribution in [2.75, 3.05) is 6.54 Å². The molecule has 1 aromatic carbocycles. The standard InChI is InChI=1S/C11H16BNO3/c1-9(14)11(7-8-13,12(15)16)10-5-3-2-4-6-10/h2-6,15-16H,7-8,13H2,1H3. The topological polar surface area (TPSA) is 83.6 Å². The third kappa shape index (κ3) is 2.16. The Kier molecular flexibility index (Phi) is 4.23. The summed E-state index contributed by atoms with van der Waals surface area (Å²) in [6, 6.07) is 8.73. The van der Waals surface area contributed by atoms with Crippen molar-refractivity contribution in [2.45, 2.75) is 18.7 Å². The second kappa shape index (κ2) is 5.25. The lowest BCUT2D eigenvalue weighted by atomic mass is 9.51. The van der Waals surface area contributed by atoms with Crippen molar-refractivity contribution in [1.29, 1.82) is 0 Å². The Hall–Kier alpha value is -1.17. The molecule has 0 aliphatic rings. The Bertz CT molecular complexity index is 356. The molecule has 1 atom stereocenters. The van der Waals surface area contributed by atoms with E-state index in [1.165, 1.54) is 6.92 Å². The summed E-state index contributed by atoms with van der Waals surface area (Å²) in [7, 11) is -1.74. The van der Waals surface area contributed by atoms with Crippen LogP contribution in [0.1, 0.15) is 18.9 Å². The number of nitrogens with two attached hydrogens (primary N) is 1. The van der Waals surface area contributed by atoms with Gasteiger partial charge in [0.05, 0.1) is 5.31 Å². The molecule has 5 heteroatoms. The van der Waals surface area contributed by atoms with Crippen LogP contribution in [0.25, 0.3) is 0 Å². The summed E-state index contributed by atoms with van der Waals surface area (Å²) in [6.45, 7) is 1.56. The third-order valence-corrected chi connectivity index (χ3v) is 2.90. The number of rotatable bonds is 5. The molecule has 4 nitrogen and oxygen atoms in total. The highest BCUT2D eigenvalue weighted by Gasteiger charge is 2.47. The molecular weight excluding hydrogens is 205 g/mol. The zero-order valence-electron chi connectivity index (χ0n) is 9.26. The van der Waals surface area contributed by atoms with Crippen molar-refractivity contribution in [3.8, 4) is 0 Å². The van der Waals surface area contributed by atoms with Gasteiger partial charge in [-0.05, 0) is 25.5 Å². The van der Waals surface area contributed by atoms with Crippen molar-refractivity contribution in [1.82, 2.24) is 0 Å². The van der Waals surface area contributed by atoms with Crippen LogP contribution in [0.5, 0.6) is 0 Å². The highest BCUT2D eigenvalue weighted by atomic mass is 16.4. The lowest BCUT2D eigenvalue weighted by Crippen LogP contribution is -2.50. The number of carbonyl (C=O) groups excluding carboxylic acids is 1. The molecule has 1 unspecified atom stereocenters. The van der Waals surface area contributed by atoms with Crippen molar-refractivity contribution in [2.24, 2.45) is 5.73 Å². The van der Waals surface area contributed by atoms with Crippen molar-refractivity contribution in [3.63, 3.8) is 0 Å². The molecule has 0 heterocycles. The summed E-state index contributed by atoms with van der Waals surface area (Å²) in [5.41, 5.74) is 6.04. The van der Waals surface area contributed by atoms with Crippen molar-refractivity contribution >= 4 is 12.9 Å². The Morgan fingerprint density at radius 3 is 2.31 bits per heavy atom. The van der Waals surface area contributed by atoms with E-state index in [1.54, 1.807) is 30.3 Å². The Morgan fingerprint density at radius 1 is 1.38 bits per heavy atom. The van der Waals surface area contributed by atoms with E-state index < -0.39 is 12.4 Å². The lowest BCUT2D eigenvalue weighted by molar-refractivity contribution is -0.120. The fourth-order valence-electron chi connectivity index (χ4n) is 1.95. The van der Waals surface area contributed by atoms with Gasteiger partial charge >= 0.3 is 7.12 Å². The Balaban J connectivity index is 3.27. The largest absolute Gasteiger partial charge is 0.470 e. The fraction of sp³-hybridized carbons (Fsp3) is 0.364. The van der Waals surface area contributed by atoms with E-state index in [-0.39, 0.29) is 18.7 Å². The normalized spacial score (nSPS) is 14.2. The van der Waals surface area contributed by atoms with Gasteiger partial charge in [0.1, 0.15) is 5.78 Å². The summed E-state index contributed by atoms with van der Waals surface area (Å²) in [6.07, 6.45) is 0.212. The monoisotopic (exact) mass is 221 g/mol. The quantitative estimate of drug-likeness (QED) is 0.605. The van der Waals surface area contributed by atoms with E-state index in [0.29, 0.717) is 5.56 Å². The van der Waals surface area contributed by atoms with Crippen LogP contribution in [-0.4, -0.2) is 29.5 Å². The summed E-state index contributed by atoms with van der Waals surface area (Å²) >= 11 is 0. The summed E-state index contributed by atoms with van der Waals surface area (Å²) in [4.78, 5) is 11.7. The van der Waals surface area contributed by atoms with Crippen LogP contribution in [0.3, 0.4) is 0 Å². The zero-order chi connectivity index (χ0) is 12.2. The van der Waals surface area contributed by atoms with Crippen LogP contribution in [0.15, 0.2) is 30.3 Å². The first-order valence-electron chi connectivity index (χ1n) is 5.18. The number of hydrogen-bond acceptors (Lipinski definition) is 4. The maximum atomic E-state index is 11.7.